The Labute approximate surface area is 202 Å². The number of nitrogens with one attached hydrogen (secondary N) is 1. The lowest BCUT2D eigenvalue weighted by molar-refractivity contribution is -0.116. The number of rotatable bonds is 3. The second kappa shape index (κ2) is 9.82. The van der Waals surface area contributed by atoms with E-state index in [0.717, 1.165) is 75.7 Å². The van der Waals surface area contributed by atoms with Crippen LogP contribution in [0.2, 0.25) is 0 Å². The molecule has 3 heterocycles. The standard InChI is InChI=1S/C26H36FN3O4.H2/c1-18(31)30-17-26(23-14-19(27)6-7-24(23)30)9-11-29(12-10-26)21-5-3-2-4-20(15-21)28-25(32)34-22-8-13-33-16-22;/h6-7,14,20-22H,2-5,8-13,15-17H2,1H3,(H,28,32);1H/t20?,21?,22-;/m0./s1. The molecule has 4 aliphatic rings. The predicted octanol–water partition coefficient (Wildman–Crippen LogP) is 3.99. The minimum absolute atomic E-state index is 0. The average molecular weight is 476 g/mol. The van der Waals surface area contributed by atoms with Gasteiger partial charge in [-0.25, -0.2) is 9.18 Å². The summed E-state index contributed by atoms with van der Waals surface area (Å²) in [6.45, 7) is 5.21. The van der Waals surface area contributed by atoms with Gasteiger partial charge >= 0.3 is 6.09 Å². The Kier molecular flexibility index (Phi) is 6.80. The van der Waals surface area contributed by atoms with Crippen molar-refractivity contribution in [2.45, 2.75) is 81.9 Å². The van der Waals surface area contributed by atoms with Crippen LogP contribution in [0.4, 0.5) is 14.9 Å². The molecule has 1 aromatic carbocycles. The molecular weight excluding hydrogens is 437 g/mol. The number of halogens is 1. The van der Waals surface area contributed by atoms with Crippen LogP contribution in [0.25, 0.3) is 0 Å². The summed E-state index contributed by atoms with van der Waals surface area (Å²) >= 11 is 0. The summed E-state index contributed by atoms with van der Waals surface area (Å²) in [5.74, 6) is -0.222. The fraction of sp³-hybridized carbons (Fsp3) is 0.692. The van der Waals surface area contributed by atoms with Crippen molar-refractivity contribution in [2.24, 2.45) is 0 Å². The zero-order chi connectivity index (χ0) is 23.7. The van der Waals surface area contributed by atoms with Crippen molar-refractivity contribution < 1.29 is 24.9 Å². The van der Waals surface area contributed by atoms with Crippen molar-refractivity contribution in [3.8, 4) is 0 Å². The quantitative estimate of drug-likeness (QED) is 0.670. The van der Waals surface area contributed by atoms with E-state index in [9.17, 15) is 14.0 Å². The molecule has 2 unspecified atom stereocenters. The molecule has 0 aromatic heterocycles. The zero-order valence-corrected chi connectivity index (χ0v) is 20.1. The Morgan fingerprint density at radius 1 is 1.21 bits per heavy atom. The molecule has 2 amide bonds. The van der Waals surface area contributed by atoms with E-state index in [1.165, 1.54) is 6.07 Å². The molecule has 3 aliphatic heterocycles. The fourth-order valence-corrected chi connectivity index (χ4v) is 6.42. The van der Waals surface area contributed by atoms with Gasteiger partial charge in [0.05, 0.1) is 13.2 Å². The Balaban J connectivity index is 0.00000289. The van der Waals surface area contributed by atoms with E-state index in [2.05, 4.69) is 10.2 Å². The third-order valence-electron chi connectivity index (χ3n) is 8.31. The molecule has 0 bridgehead atoms. The van der Waals surface area contributed by atoms with E-state index < -0.39 is 0 Å². The van der Waals surface area contributed by atoms with Gasteiger partial charge in [-0.2, -0.15) is 0 Å². The first kappa shape index (κ1) is 23.5. The summed E-state index contributed by atoms with van der Waals surface area (Å²) < 4.78 is 25.0. The number of alkyl carbamates (subject to hydrolysis) is 1. The topological polar surface area (TPSA) is 71.1 Å². The molecule has 0 radical (unpaired) electrons. The first-order valence-electron chi connectivity index (χ1n) is 12.8. The largest absolute Gasteiger partial charge is 0.444 e. The Bertz CT molecular complexity index is 918. The van der Waals surface area contributed by atoms with Crippen LogP contribution in [0.5, 0.6) is 0 Å². The number of ether oxygens (including phenoxy) is 2. The molecule has 8 heteroatoms. The molecule has 2 saturated heterocycles. The van der Waals surface area contributed by atoms with Crippen molar-refractivity contribution in [3.05, 3.63) is 29.6 Å². The monoisotopic (exact) mass is 475 g/mol. The van der Waals surface area contributed by atoms with E-state index in [4.69, 9.17) is 9.47 Å². The molecule has 34 heavy (non-hydrogen) atoms. The Morgan fingerprint density at radius 3 is 2.74 bits per heavy atom. The first-order valence-corrected chi connectivity index (χ1v) is 12.8. The highest BCUT2D eigenvalue weighted by molar-refractivity contribution is 5.94. The van der Waals surface area contributed by atoms with Crippen molar-refractivity contribution in [1.29, 1.82) is 0 Å². The normalized spacial score (nSPS) is 29.0. The van der Waals surface area contributed by atoms with Crippen LogP contribution in [0, 0.1) is 5.82 Å². The smallest absolute Gasteiger partial charge is 0.407 e. The second-order valence-corrected chi connectivity index (χ2v) is 10.5. The highest BCUT2D eigenvalue weighted by atomic mass is 19.1. The number of fused-ring (bicyclic) bond motifs is 2. The zero-order valence-electron chi connectivity index (χ0n) is 20.1. The van der Waals surface area contributed by atoms with Crippen LogP contribution in [-0.2, 0) is 19.7 Å². The molecular formula is C26H38FN3O4. The summed E-state index contributed by atoms with van der Waals surface area (Å²) in [6, 6.07) is 5.38. The van der Waals surface area contributed by atoms with Crippen molar-refractivity contribution in [2.75, 3.05) is 37.7 Å². The van der Waals surface area contributed by atoms with Crippen LogP contribution in [-0.4, -0.2) is 67.9 Å². The number of carbonyl (C=O) groups is 2. The number of hydrogen-bond donors (Lipinski definition) is 1. The van der Waals surface area contributed by atoms with E-state index in [1.807, 2.05) is 4.90 Å². The van der Waals surface area contributed by atoms with Gasteiger partial charge in [-0.1, -0.05) is 12.8 Å². The summed E-state index contributed by atoms with van der Waals surface area (Å²) in [4.78, 5) is 29.0. The minimum atomic E-state index is -0.326. The molecule has 1 saturated carbocycles. The number of anilines is 1. The second-order valence-electron chi connectivity index (χ2n) is 10.5. The van der Waals surface area contributed by atoms with Gasteiger partial charge in [0, 0.05) is 44.5 Å². The maximum Gasteiger partial charge on any atom is 0.407 e. The van der Waals surface area contributed by atoms with Crippen LogP contribution in [0.1, 0.15) is 65.3 Å². The van der Waals surface area contributed by atoms with Crippen LogP contribution >= 0.6 is 0 Å². The van der Waals surface area contributed by atoms with Gasteiger partial charge in [0.1, 0.15) is 11.9 Å². The van der Waals surface area contributed by atoms with E-state index in [0.29, 0.717) is 25.8 Å². The highest BCUT2D eigenvalue weighted by Crippen LogP contribution is 2.47. The summed E-state index contributed by atoms with van der Waals surface area (Å²) in [6.07, 6.45) is 7.41. The fourth-order valence-electron chi connectivity index (χ4n) is 6.42. The lowest BCUT2D eigenvalue weighted by atomic mass is 9.74. The van der Waals surface area contributed by atoms with Crippen molar-refractivity contribution >= 4 is 17.7 Å². The van der Waals surface area contributed by atoms with Crippen molar-refractivity contribution in [3.63, 3.8) is 0 Å². The first-order chi connectivity index (χ1) is 16.4. The number of amides is 2. The number of hydrogen-bond acceptors (Lipinski definition) is 5. The van der Waals surface area contributed by atoms with Gasteiger partial charge in [-0.15, -0.1) is 0 Å². The van der Waals surface area contributed by atoms with E-state index >= 15 is 0 Å². The molecule has 1 N–H and O–H groups in total. The van der Waals surface area contributed by atoms with Gasteiger partial charge in [0.25, 0.3) is 0 Å². The maximum absolute atomic E-state index is 14.2. The summed E-state index contributed by atoms with van der Waals surface area (Å²) in [7, 11) is 0. The maximum atomic E-state index is 14.2. The third-order valence-corrected chi connectivity index (χ3v) is 8.31. The molecule has 7 nitrogen and oxygen atoms in total. The minimum Gasteiger partial charge on any atom is -0.444 e. The van der Waals surface area contributed by atoms with Gasteiger partial charge in [-0.05, 0) is 69.0 Å². The molecule has 3 fully saturated rings. The van der Waals surface area contributed by atoms with Crippen LogP contribution in [0.3, 0.4) is 0 Å². The molecule has 1 spiro atoms. The summed E-state index contributed by atoms with van der Waals surface area (Å²) in [5.41, 5.74) is 1.68. The number of piperidine rings is 1. The molecule has 5 rings (SSSR count). The van der Waals surface area contributed by atoms with Crippen LogP contribution < -0.4 is 10.2 Å². The van der Waals surface area contributed by atoms with Gasteiger partial charge in [-0.3, -0.25) is 4.79 Å². The third kappa shape index (κ3) is 4.80. The predicted molar refractivity (Wildman–Crippen MR) is 129 cm³/mol. The Morgan fingerprint density at radius 2 is 2.00 bits per heavy atom. The summed E-state index contributed by atoms with van der Waals surface area (Å²) in [5, 5.41) is 3.11. The molecule has 3 atom stereocenters. The lowest BCUT2D eigenvalue weighted by Crippen LogP contribution is -2.50. The van der Waals surface area contributed by atoms with Gasteiger partial charge < -0.3 is 24.6 Å². The van der Waals surface area contributed by atoms with Gasteiger partial charge in [0.2, 0.25) is 5.91 Å². The molecule has 1 aromatic rings. The van der Waals surface area contributed by atoms with Crippen LogP contribution in [0.15, 0.2) is 18.2 Å². The van der Waals surface area contributed by atoms with Gasteiger partial charge in [0.15, 0.2) is 0 Å². The molecule has 1 aliphatic carbocycles. The SMILES string of the molecule is CC(=O)N1CC2(CCN(C3CCCCC(NC(=O)O[C@H]4CCOC4)C3)CC2)c2cc(F)ccc21.[HH]. The molecule has 188 valence electrons. The lowest BCUT2D eigenvalue weighted by Gasteiger charge is -2.43. The number of carbonyl (C=O) groups excluding carboxylic acids is 2. The highest BCUT2D eigenvalue weighted by Gasteiger charge is 2.46. The van der Waals surface area contributed by atoms with Crippen molar-refractivity contribution in [1.82, 2.24) is 10.2 Å². The average Bonchev–Trinajstić information content (AvgIpc) is 3.35. The van der Waals surface area contributed by atoms with E-state index in [-0.39, 0.29) is 36.8 Å². The number of benzene rings is 1. The number of likely N-dealkylation sites (tertiary alicyclic amines) is 1. The Hall–Kier alpha value is -2.19. The van der Waals surface area contributed by atoms with E-state index in [1.54, 1.807) is 19.1 Å². The number of nitrogens with zero attached hydrogens (tertiary/aromatic N) is 2.